The topological polar surface area (TPSA) is 38.1 Å². The summed E-state index contributed by atoms with van der Waals surface area (Å²) >= 11 is 3.60. The highest BCUT2D eigenvalue weighted by atomic mass is 79.9. The second-order valence-electron chi connectivity index (χ2n) is 5.19. The van der Waals surface area contributed by atoms with Crippen molar-refractivity contribution >= 4 is 15.9 Å². The first kappa shape index (κ1) is 15.0. The van der Waals surface area contributed by atoms with E-state index in [-0.39, 0.29) is 6.04 Å². The average molecular weight is 357 g/mol. The molecule has 3 nitrogen and oxygen atoms in total. The van der Waals surface area contributed by atoms with Gasteiger partial charge >= 0.3 is 0 Å². The number of benzene rings is 2. The van der Waals surface area contributed by atoms with Crippen molar-refractivity contribution in [2.45, 2.75) is 19.5 Å². The molecule has 1 heterocycles. The van der Waals surface area contributed by atoms with E-state index < -0.39 is 0 Å². The van der Waals surface area contributed by atoms with Gasteiger partial charge in [-0.2, -0.15) is 0 Å². The van der Waals surface area contributed by atoms with E-state index in [0.29, 0.717) is 0 Å². The molecule has 1 aromatic heterocycles. The van der Waals surface area contributed by atoms with Crippen molar-refractivity contribution in [2.24, 2.45) is 0 Å². The zero-order valence-corrected chi connectivity index (χ0v) is 13.9. The quantitative estimate of drug-likeness (QED) is 0.702. The summed E-state index contributed by atoms with van der Waals surface area (Å²) in [5.74, 6) is 0.793. The maximum absolute atomic E-state index is 5.30. The van der Waals surface area contributed by atoms with Crippen LogP contribution in [0.1, 0.15) is 24.1 Å². The molecule has 1 atom stereocenters. The molecule has 112 valence electrons. The highest BCUT2D eigenvalue weighted by Gasteiger charge is 2.08. The van der Waals surface area contributed by atoms with Gasteiger partial charge in [0.2, 0.25) is 0 Å². The van der Waals surface area contributed by atoms with Gasteiger partial charge in [0.25, 0.3) is 0 Å². The van der Waals surface area contributed by atoms with Crippen molar-refractivity contribution in [1.29, 1.82) is 0 Å². The molecule has 3 aromatic rings. The highest BCUT2D eigenvalue weighted by molar-refractivity contribution is 9.10. The number of halogens is 1. The molecule has 4 heteroatoms. The van der Waals surface area contributed by atoms with Gasteiger partial charge in [0.1, 0.15) is 0 Å². The predicted octanol–water partition coefficient (Wildman–Crippen LogP) is 4.95. The summed E-state index contributed by atoms with van der Waals surface area (Å²) in [6.45, 7) is 2.99. The van der Waals surface area contributed by atoms with E-state index in [4.69, 9.17) is 4.42 Å². The maximum Gasteiger partial charge on any atom is 0.181 e. The fraction of sp³-hybridized carbons (Fsp3) is 0.167. The van der Waals surface area contributed by atoms with Gasteiger partial charge in [0.15, 0.2) is 12.2 Å². The van der Waals surface area contributed by atoms with Crippen LogP contribution < -0.4 is 5.32 Å². The zero-order chi connectivity index (χ0) is 15.4. The molecule has 1 N–H and O–H groups in total. The number of nitrogens with zero attached hydrogens (tertiary/aromatic N) is 1. The summed E-state index contributed by atoms with van der Waals surface area (Å²) in [6, 6.07) is 16.9. The number of hydrogen-bond donors (Lipinski definition) is 1. The Balaban J connectivity index is 1.63. The number of hydrogen-bond acceptors (Lipinski definition) is 3. The summed E-state index contributed by atoms with van der Waals surface area (Å²) < 4.78 is 6.43. The van der Waals surface area contributed by atoms with Crippen molar-refractivity contribution in [1.82, 2.24) is 10.3 Å². The Morgan fingerprint density at radius 3 is 2.59 bits per heavy atom. The predicted molar refractivity (Wildman–Crippen MR) is 91.3 cm³/mol. The third kappa shape index (κ3) is 3.46. The number of nitrogens with one attached hydrogen (secondary N) is 1. The molecule has 2 aromatic carbocycles. The lowest BCUT2D eigenvalue weighted by molar-refractivity contribution is 0.570. The second kappa shape index (κ2) is 6.90. The monoisotopic (exact) mass is 356 g/mol. The molecule has 0 aliphatic carbocycles. The third-order valence-electron chi connectivity index (χ3n) is 3.65. The average Bonchev–Trinajstić information content (AvgIpc) is 3.08. The molecular weight excluding hydrogens is 340 g/mol. The summed E-state index contributed by atoms with van der Waals surface area (Å²) in [5, 5.41) is 3.54. The van der Waals surface area contributed by atoms with Crippen LogP contribution in [0, 0.1) is 0 Å². The Bertz CT molecular complexity index is 723. The lowest BCUT2D eigenvalue weighted by Crippen LogP contribution is -2.18. The van der Waals surface area contributed by atoms with Crippen molar-refractivity contribution in [3.8, 4) is 11.3 Å². The minimum absolute atomic E-state index is 0.282. The highest BCUT2D eigenvalue weighted by Crippen LogP contribution is 2.23. The van der Waals surface area contributed by atoms with Crippen LogP contribution in [0.2, 0.25) is 0 Å². The fourth-order valence-electron chi connectivity index (χ4n) is 2.35. The minimum Gasteiger partial charge on any atom is -0.444 e. The summed E-state index contributed by atoms with van der Waals surface area (Å²) in [6.07, 6.45) is 3.17. The number of oxazole rings is 1. The number of aromatic nitrogens is 1. The second-order valence-corrected chi connectivity index (χ2v) is 6.04. The largest absolute Gasteiger partial charge is 0.444 e. The van der Waals surface area contributed by atoms with Gasteiger partial charge in [0, 0.05) is 22.6 Å². The Kier molecular flexibility index (Phi) is 4.71. The van der Waals surface area contributed by atoms with E-state index >= 15 is 0 Å². The standard InChI is InChI=1S/C18H17BrN2O/c1-13(16-4-2-3-5-17(16)19)21-10-14-6-8-15(9-7-14)18-11-20-12-22-18/h2-9,11-13,21H,10H2,1H3. The van der Waals surface area contributed by atoms with Crippen LogP contribution in [0.25, 0.3) is 11.3 Å². The molecule has 0 radical (unpaired) electrons. The van der Waals surface area contributed by atoms with Gasteiger partial charge in [0.05, 0.1) is 6.20 Å². The Morgan fingerprint density at radius 2 is 1.91 bits per heavy atom. The molecule has 0 aliphatic rings. The molecule has 0 bridgehead atoms. The minimum atomic E-state index is 0.282. The van der Waals surface area contributed by atoms with Gasteiger partial charge in [-0.3, -0.25) is 0 Å². The van der Waals surface area contributed by atoms with Crippen LogP contribution in [0.3, 0.4) is 0 Å². The van der Waals surface area contributed by atoms with E-state index in [9.17, 15) is 0 Å². The smallest absolute Gasteiger partial charge is 0.181 e. The molecular formula is C18H17BrN2O. The Hall–Kier alpha value is -1.91. The zero-order valence-electron chi connectivity index (χ0n) is 12.3. The Labute approximate surface area is 138 Å². The van der Waals surface area contributed by atoms with Crippen molar-refractivity contribution < 1.29 is 4.42 Å². The maximum atomic E-state index is 5.30. The van der Waals surface area contributed by atoms with Crippen molar-refractivity contribution in [3.63, 3.8) is 0 Å². The van der Waals surface area contributed by atoms with E-state index in [1.807, 2.05) is 6.07 Å². The van der Waals surface area contributed by atoms with E-state index in [1.54, 1.807) is 6.20 Å². The van der Waals surface area contributed by atoms with E-state index in [2.05, 4.69) is 75.6 Å². The van der Waals surface area contributed by atoms with Crippen LogP contribution in [-0.4, -0.2) is 4.98 Å². The Morgan fingerprint density at radius 1 is 1.14 bits per heavy atom. The lowest BCUT2D eigenvalue weighted by atomic mass is 10.1. The molecule has 0 fully saturated rings. The van der Waals surface area contributed by atoms with Gasteiger partial charge < -0.3 is 9.73 Å². The van der Waals surface area contributed by atoms with E-state index in [0.717, 1.165) is 22.3 Å². The lowest BCUT2D eigenvalue weighted by Gasteiger charge is -2.16. The van der Waals surface area contributed by atoms with Crippen molar-refractivity contribution in [3.05, 3.63) is 76.7 Å². The molecule has 0 aliphatic heterocycles. The summed E-state index contributed by atoms with van der Waals surface area (Å²) in [4.78, 5) is 3.94. The number of rotatable bonds is 5. The van der Waals surface area contributed by atoms with Crippen LogP contribution in [-0.2, 0) is 6.54 Å². The fourth-order valence-corrected chi connectivity index (χ4v) is 2.98. The molecule has 22 heavy (non-hydrogen) atoms. The van der Waals surface area contributed by atoms with Gasteiger partial charge in [-0.15, -0.1) is 0 Å². The van der Waals surface area contributed by atoms with Gasteiger partial charge in [-0.05, 0) is 24.1 Å². The van der Waals surface area contributed by atoms with Crippen LogP contribution >= 0.6 is 15.9 Å². The molecule has 1 unspecified atom stereocenters. The van der Waals surface area contributed by atoms with Gasteiger partial charge in [-0.25, -0.2) is 4.98 Å². The molecule has 0 spiro atoms. The molecule has 3 rings (SSSR count). The molecule has 0 saturated heterocycles. The van der Waals surface area contributed by atoms with Crippen LogP contribution in [0.5, 0.6) is 0 Å². The molecule has 0 amide bonds. The van der Waals surface area contributed by atoms with E-state index in [1.165, 1.54) is 17.5 Å². The van der Waals surface area contributed by atoms with Crippen LogP contribution in [0.15, 0.2) is 70.0 Å². The first-order valence-corrected chi connectivity index (χ1v) is 7.99. The first-order valence-electron chi connectivity index (χ1n) is 7.19. The van der Waals surface area contributed by atoms with Crippen LogP contribution in [0.4, 0.5) is 0 Å². The third-order valence-corrected chi connectivity index (χ3v) is 4.38. The van der Waals surface area contributed by atoms with Crippen molar-refractivity contribution in [2.75, 3.05) is 0 Å². The SMILES string of the molecule is CC(NCc1ccc(-c2cnco2)cc1)c1ccccc1Br. The molecule has 0 saturated carbocycles. The summed E-state index contributed by atoms with van der Waals surface area (Å²) in [7, 11) is 0. The summed E-state index contributed by atoms with van der Waals surface area (Å²) in [5.41, 5.74) is 3.54. The normalized spacial score (nSPS) is 12.3. The van der Waals surface area contributed by atoms with Gasteiger partial charge in [-0.1, -0.05) is 58.4 Å². The first-order chi connectivity index (χ1) is 10.7.